The first kappa shape index (κ1) is 12.1. The Labute approximate surface area is 102 Å². The van der Waals surface area contributed by atoms with Crippen molar-refractivity contribution in [1.29, 1.82) is 5.26 Å². The fraction of sp³-hybridized carbons (Fsp3) is 0.500. The first-order valence-corrected chi connectivity index (χ1v) is 6.20. The Balaban J connectivity index is 1.94. The van der Waals surface area contributed by atoms with Crippen molar-refractivity contribution in [3.05, 3.63) is 35.4 Å². The first-order valence-electron chi connectivity index (χ1n) is 6.20. The van der Waals surface area contributed by atoms with Gasteiger partial charge in [0.2, 0.25) is 0 Å². The zero-order valence-electron chi connectivity index (χ0n) is 9.97. The largest absolute Gasteiger partial charge is 0.387 e. The zero-order chi connectivity index (χ0) is 12.1. The predicted octanol–water partition coefficient (Wildman–Crippen LogP) is 2.08. The van der Waals surface area contributed by atoms with Crippen LogP contribution in [0, 0.1) is 11.3 Å². The Morgan fingerprint density at radius 1 is 1.18 bits per heavy atom. The number of likely N-dealkylation sites (tertiary alicyclic amines) is 1. The molecule has 1 fully saturated rings. The van der Waals surface area contributed by atoms with Gasteiger partial charge in [0, 0.05) is 6.54 Å². The van der Waals surface area contributed by atoms with Crippen LogP contribution in [0.3, 0.4) is 0 Å². The summed E-state index contributed by atoms with van der Waals surface area (Å²) >= 11 is 0. The van der Waals surface area contributed by atoms with Crippen LogP contribution < -0.4 is 0 Å². The third kappa shape index (κ3) is 3.29. The molecule has 0 radical (unpaired) electrons. The van der Waals surface area contributed by atoms with Gasteiger partial charge in [0.25, 0.3) is 0 Å². The van der Waals surface area contributed by atoms with Crippen molar-refractivity contribution in [2.45, 2.75) is 25.4 Å². The van der Waals surface area contributed by atoms with Crippen LogP contribution in [0.1, 0.15) is 36.5 Å². The highest BCUT2D eigenvalue weighted by molar-refractivity contribution is 5.32. The molecule has 1 N–H and O–H groups in total. The van der Waals surface area contributed by atoms with Gasteiger partial charge in [0.05, 0.1) is 17.7 Å². The molecule has 0 aliphatic carbocycles. The lowest BCUT2D eigenvalue weighted by atomic mass is 10.1. The standard InChI is InChI=1S/C14H18N2O/c15-10-12-4-6-13(7-5-12)14(17)11-16-8-2-1-3-9-16/h4-7,14,17H,1-3,8-9,11H2/t14-/m0/s1. The van der Waals surface area contributed by atoms with Gasteiger partial charge in [-0.1, -0.05) is 18.6 Å². The predicted molar refractivity (Wildman–Crippen MR) is 66.4 cm³/mol. The Kier molecular flexibility index (Phi) is 4.13. The lowest BCUT2D eigenvalue weighted by molar-refractivity contribution is 0.101. The van der Waals surface area contributed by atoms with Crippen molar-refractivity contribution < 1.29 is 5.11 Å². The van der Waals surface area contributed by atoms with Crippen LogP contribution in [0.2, 0.25) is 0 Å². The number of rotatable bonds is 3. The van der Waals surface area contributed by atoms with Crippen LogP contribution >= 0.6 is 0 Å². The molecule has 1 aromatic carbocycles. The van der Waals surface area contributed by atoms with Crippen LogP contribution in [-0.4, -0.2) is 29.6 Å². The summed E-state index contributed by atoms with van der Waals surface area (Å²) < 4.78 is 0. The van der Waals surface area contributed by atoms with E-state index in [4.69, 9.17) is 5.26 Å². The number of hydrogen-bond donors (Lipinski definition) is 1. The van der Waals surface area contributed by atoms with Gasteiger partial charge in [-0.25, -0.2) is 0 Å². The molecule has 3 nitrogen and oxygen atoms in total. The van der Waals surface area contributed by atoms with Gasteiger partial charge in [0.1, 0.15) is 0 Å². The molecule has 1 atom stereocenters. The molecular weight excluding hydrogens is 212 g/mol. The number of aliphatic hydroxyl groups is 1. The molecule has 1 heterocycles. The van der Waals surface area contributed by atoms with Crippen LogP contribution in [0.5, 0.6) is 0 Å². The maximum absolute atomic E-state index is 10.1. The van der Waals surface area contributed by atoms with Crippen LogP contribution in [0.25, 0.3) is 0 Å². The maximum atomic E-state index is 10.1. The second-order valence-corrected chi connectivity index (χ2v) is 4.61. The summed E-state index contributed by atoms with van der Waals surface area (Å²) in [5.74, 6) is 0. The van der Waals surface area contributed by atoms with Gasteiger partial charge in [-0.15, -0.1) is 0 Å². The Bertz CT molecular complexity index is 388. The van der Waals surface area contributed by atoms with E-state index < -0.39 is 6.10 Å². The molecule has 0 bridgehead atoms. The molecule has 1 saturated heterocycles. The zero-order valence-corrected chi connectivity index (χ0v) is 9.97. The molecule has 1 aliphatic heterocycles. The molecule has 1 aliphatic rings. The summed E-state index contributed by atoms with van der Waals surface area (Å²) in [5.41, 5.74) is 1.54. The average molecular weight is 230 g/mol. The third-order valence-corrected chi connectivity index (χ3v) is 3.30. The molecule has 17 heavy (non-hydrogen) atoms. The van der Waals surface area contributed by atoms with Gasteiger partial charge in [-0.3, -0.25) is 0 Å². The minimum Gasteiger partial charge on any atom is -0.387 e. The summed E-state index contributed by atoms with van der Waals surface area (Å²) in [7, 11) is 0. The van der Waals surface area contributed by atoms with E-state index in [1.165, 1.54) is 19.3 Å². The normalized spacial score (nSPS) is 18.6. The molecular formula is C14H18N2O. The smallest absolute Gasteiger partial charge is 0.0991 e. The van der Waals surface area contributed by atoms with Gasteiger partial charge in [-0.2, -0.15) is 5.26 Å². The van der Waals surface area contributed by atoms with Crippen molar-refractivity contribution >= 4 is 0 Å². The molecule has 3 heteroatoms. The Hall–Kier alpha value is -1.37. The molecule has 0 spiro atoms. The summed E-state index contributed by atoms with van der Waals surface area (Å²) in [4.78, 5) is 2.31. The maximum Gasteiger partial charge on any atom is 0.0991 e. The first-order chi connectivity index (χ1) is 8.29. The minimum atomic E-state index is -0.444. The fourth-order valence-corrected chi connectivity index (χ4v) is 2.27. The monoisotopic (exact) mass is 230 g/mol. The lowest BCUT2D eigenvalue weighted by Gasteiger charge is -2.28. The Morgan fingerprint density at radius 2 is 1.82 bits per heavy atom. The van der Waals surface area contributed by atoms with Crippen molar-refractivity contribution in [2.75, 3.05) is 19.6 Å². The molecule has 0 unspecified atom stereocenters. The minimum absolute atomic E-state index is 0.444. The highest BCUT2D eigenvalue weighted by Gasteiger charge is 2.15. The van der Waals surface area contributed by atoms with Crippen LogP contribution in [-0.2, 0) is 0 Å². The summed E-state index contributed by atoms with van der Waals surface area (Å²) in [6, 6.07) is 9.28. The van der Waals surface area contributed by atoms with Crippen molar-refractivity contribution in [3.63, 3.8) is 0 Å². The SMILES string of the molecule is N#Cc1ccc([C@@H](O)CN2CCCCC2)cc1. The summed E-state index contributed by atoms with van der Waals surface area (Å²) in [6.45, 7) is 2.88. The number of piperidine rings is 1. The highest BCUT2D eigenvalue weighted by Crippen LogP contribution is 2.17. The summed E-state index contributed by atoms with van der Waals surface area (Å²) in [5, 5.41) is 18.8. The van der Waals surface area contributed by atoms with E-state index in [1.807, 2.05) is 12.1 Å². The molecule has 0 saturated carbocycles. The second-order valence-electron chi connectivity index (χ2n) is 4.61. The number of benzene rings is 1. The van der Waals surface area contributed by atoms with Crippen LogP contribution in [0.15, 0.2) is 24.3 Å². The number of β-amino-alcohol motifs (C(OH)–C–C–N with tert-alkyl or cyclic N) is 1. The van der Waals surface area contributed by atoms with Crippen LogP contribution in [0.4, 0.5) is 0 Å². The number of nitrogens with zero attached hydrogens (tertiary/aromatic N) is 2. The fourth-order valence-electron chi connectivity index (χ4n) is 2.27. The molecule has 2 rings (SSSR count). The van der Waals surface area contributed by atoms with Crippen molar-refractivity contribution in [3.8, 4) is 6.07 Å². The Morgan fingerprint density at radius 3 is 2.41 bits per heavy atom. The molecule has 0 aromatic heterocycles. The molecule has 90 valence electrons. The number of aliphatic hydroxyl groups excluding tert-OH is 1. The second kappa shape index (κ2) is 5.81. The molecule has 1 aromatic rings. The van der Waals surface area contributed by atoms with Gasteiger partial charge in [0.15, 0.2) is 0 Å². The number of hydrogen-bond acceptors (Lipinski definition) is 3. The lowest BCUT2D eigenvalue weighted by Crippen LogP contribution is -2.33. The average Bonchev–Trinajstić information content (AvgIpc) is 2.40. The van der Waals surface area contributed by atoms with E-state index in [9.17, 15) is 5.11 Å². The summed E-state index contributed by atoms with van der Waals surface area (Å²) in [6.07, 6.45) is 3.34. The quantitative estimate of drug-likeness (QED) is 0.864. The third-order valence-electron chi connectivity index (χ3n) is 3.30. The topological polar surface area (TPSA) is 47.3 Å². The van der Waals surface area contributed by atoms with Gasteiger partial charge < -0.3 is 10.0 Å². The van der Waals surface area contributed by atoms with E-state index in [0.29, 0.717) is 12.1 Å². The van der Waals surface area contributed by atoms with Crippen molar-refractivity contribution in [1.82, 2.24) is 4.90 Å². The van der Waals surface area contributed by atoms with E-state index >= 15 is 0 Å². The van der Waals surface area contributed by atoms with E-state index in [2.05, 4.69) is 11.0 Å². The van der Waals surface area contributed by atoms with Crippen molar-refractivity contribution in [2.24, 2.45) is 0 Å². The van der Waals surface area contributed by atoms with E-state index in [0.717, 1.165) is 18.7 Å². The van der Waals surface area contributed by atoms with Gasteiger partial charge >= 0.3 is 0 Å². The van der Waals surface area contributed by atoms with Gasteiger partial charge in [-0.05, 0) is 43.6 Å². The number of nitriles is 1. The van der Waals surface area contributed by atoms with E-state index in [-0.39, 0.29) is 0 Å². The van der Waals surface area contributed by atoms with E-state index in [1.54, 1.807) is 12.1 Å². The highest BCUT2D eigenvalue weighted by atomic mass is 16.3. The molecule has 0 amide bonds.